The van der Waals surface area contributed by atoms with E-state index in [1.54, 1.807) is 0 Å². The van der Waals surface area contributed by atoms with Crippen LogP contribution in [-0.4, -0.2) is 33.3 Å². The van der Waals surface area contributed by atoms with E-state index in [1.807, 2.05) is 0 Å². The molecule has 68 valence electrons. The quantitative estimate of drug-likeness (QED) is 0.243. The molecule has 1 saturated heterocycles. The molecular weight excluding hydrogens is 205 g/mol. The van der Waals surface area contributed by atoms with Crippen molar-refractivity contribution in [3.63, 3.8) is 0 Å². The molecule has 4 N–H and O–H groups in total. The van der Waals surface area contributed by atoms with E-state index in [9.17, 15) is 0 Å². The second kappa shape index (κ2) is 10.1. The molecule has 0 saturated carbocycles. The second-order valence-corrected chi connectivity index (χ2v) is 3.35. The van der Waals surface area contributed by atoms with Crippen LogP contribution in [0.2, 0.25) is 0 Å². The van der Waals surface area contributed by atoms with Crippen LogP contribution in [0.25, 0.3) is 0 Å². The molecule has 0 unspecified atom stereocenters. The van der Waals surface area contributed by atoms with Gasteiger partial charge in [-0.1, -0.05) is 4.32 Å². The molecule has 0 aromatic carbocycles. The molecule has 1 aliphatic rings. The van der Waals surface area contributed by atoms with Gasteiger partial charge in [0.2, 0.25) is 0 Å². The summed E-state index contributed by atoms with van der Waals surface area (Å²) in [6, 6.07) is 0. The van der Waals surface area contributed by atoms with Crippen molar-refractivity contribution in [2.75, 3.05) is 13.1 Å². The molecule has 0 aliphatic carbocycles. The summed E-state index contributed by atoms with van der Waals surface area (Å²) < 4.78 is 0.648. The maximum atomic E-state index is 4.86. The van der Waals surface area contributed by atoms with Gasteiger partial charge < -0.3 is 40.7 Å². The van der Waals surface area contributed by atoms with Crippen molar-refractivity contribution in [3.8, 4) is 0 Å². The van der Waals surface area contributed by atoms with Crippen molar-refractivity contribution < 1.29 is 40.5 Å². The van der Waals surface area contributed by atoms with Crippen LogP contribution in [0, 0.1) is 0 Å². The van der Waals surface area contributed by atoms with Crippen molar-refractivity contribution in [2.24, 2.45) is 0 Å². The van der Waals surface area contributed by atoms with Crippen LogP contribution >= 0.6 is 12.2 Å². The average molecular weight is 219 g/mol. The van der Waals surface area contributed by atoms with Crippen LogP contribution < -0.4 is 29.6 Å². The van der Waals surface area contributed by atoms with Crippen LogP contribution in [0.3, 0.4) is 0 Å². The number of rotatable bonds is 0. The van der Waals surface area contributed by atoms with Crippen molar-refractivity contribution >= 4 is 29.2 Å². The van der Waals surface area contributed by atoms with Gasteiger partial charge in [-0.15, -0.1) is 0 Å². The third-order valence-electron chi connectivity index (χ3n) is 1.61. The minimum Gasteiger partial charge on any atom is -0.412 e. The van der Waals surface area contributed by atoms with Gasteiger partial charge >= 0.3 is 29.6 Å². The van der Waals surface area contributed by atoms with Gasteiger partial charge in [0.25, 0.3) is 0 Å². The van der Waals surface area contributed by atoms with Gasteiger partial charge in [0.1, 0.15) is 0 Å². The first kappa shape index (κ1) is 18.7. The average Bonchev–Trinajstić information content (AvgIpc) is 1.90. The molecule has 0 amide bonds. The fourth-order valence-electron chi connectivity index (χ4n) is 1.08. The zero-order chi connectivity index (χ0) is 6.69. The smallest absolute Gasteiger partial charge is 0.412 e. The standard InChI is InChI=1S/C6H11NS2.Na.2H2O/c8-6(9)7-4-2-1-3-5-7;;;/h1-5H2,(H,8,9);;2*1H2/q;+1;;/p-1. The zero-order valence-corrected chi connectivity index (χ0v) is 10.9. The molecule has 0 spiro atoms. The molecule has 0 atom stereocenters. The number of hydrogen-bond donors (Lipinski definition) is 0. The molecule has 12 heavy (non-hydrogen) atoms. The van der Waals surface area contributed by atoms with Gasteiger partial charge in [-0.3, -0.25) is 0 Å². The van der Waals surface area contributed by atoms with Gasteiger partial charge in [0.05, 0.1) is 0 Å². The van der Waals surface area contributed by atoms with E-state index in [2.05, 4.69) is 4.90 Å². The van der Waals surface area contributed by atoms with Gasteiger partial charge in [0, 0.05) is 13.1 Å². The van der Waals surface area contributed by atoms with Gasteiger partial charge in [-0.2, -0.15) is 0 Å². The third kappa shape index (κ3) is 6.54. The summed E-state index contributed by atoms with van der Waals surface area (Å²) in [5, 5.41) is 0. The van der Waals surface area contributed by atoms with Crippen LogP contribution in [-0.2, 0) is 12.6 Å². The Morgan fingerprint density at radius 1 is 1.08 bits per heavy atom. The first-order valence-electron chi connectivity index (χ1n) is 3.26. The summed E-state index contributed by atoms with van der Waals surface area (Å²) >= 11 is 9.71. The molecule has 3 nitrogen and oxygen atoms in total. The molecule has 1 heterocycles. The summed E-state index contributed by atoms with van der Waals surface area (Å²) in [7, 11) is 0. The fraction of sp³-hybridized carbons (Fsp3) is 0.833. The molecule has 1 fully saturated rings. The molecular formula is C6H14NNaO2S2. The number of hydrogen-bond acceptors (Lipinski definition) is 2. The van der Waals surface area contributed by atoms with Crippen LogP contribution in [0.1, 0.15) is 19.3 Å². The van der Waals surface area contributed by atoms with Crippen LogP contribution in [0.4, 0.5) is 0 Å². The summed E-state index contributed by atoms with van der Waals surface area (Å²) in [6.07, 6.45) is 3.86. The number of piperidine rings is 1. The summed E-state index contributed by atoms with van der Waals surface area (Å²) in [5.74, 6) is 0. The largest absolute Gasteiger partial charge is 1.00 e. The van der Waals surface area contributed by atoms with E-state index in [1.165, 1.54) is 19.3 Å². The number of likely N-dealkylation sites (tertiary alicyclic amines) is 1. The summed E-state index contributed by atoms with van der Waals surface area (Å²) in [6.45, 7) is 2.17. The fourth-order valence-corrected chi connectivity index (χ4v) is 1.44. The topological polar surface area (TPSA) is 66.2 Å². The van der Waals surface area contributed by atoms with E-state index in [-0.39, 0.29) is 40.5 Å². The van der Waals surface area contributed by atoms with Gasteiger partial charge in [-0.05, 0) is 19.3 Å². The Bertz CT molecular complexity index is 120. The second-order valence-electron chi connectivity index (χ2n) is 2.31. The maximum absolute atomic E-state index is 4.86. The Balaban J connectivity index is -0.000000270. The van der Waals surface area contributed by atoms with Crippen LogP contribution in [0.15, 0.2) is 0 Å². The first-order valence-corrected chi connectivity index (χ1v) is 4.08. The molecule has 1 rings (SSSR count). The minimum absolute atomic E-state index is 0. The van der Waals surface area contributed by atoms with Crippen molar-refractivity contribution in [3.05, 3.63) is 0 Å². The van der Waals surface area contributed by atoms with Gasteiger partial charge in [0.15, 0.2) is 0 Å². The first-order chi connectivity index (χ1) is 4.30. The number of nitrogens with zero attached hydrogens (tertiary/aromatic N) is 1. The molecule has 0 aromatic rings. The van der Waals surface area contributed by atoms with E-state index < -0.39 is 0 Å². The molecule has 6 heteroatoms. The molecule has 0 bridgehead atoms. The zero-order valence-electron chi connectivity index (χ0n) is 7.30. The van der Waals surface area contributed by atoms with E-state index in [4.69, 9.17) is 24.8 Å². The van der Waals surface area contributed by atoms with Crippen LogP contribution in [0.5, 0.6) is 0 Å². The predicted octanol–water partition coefficient (Wildman–Crippen LogP) is -3.34. The number of thiocarbonyl (C=S) groups is 1. The van der Waals surface area contributed by atoms with Crippen molar-refractivity contribution in [1.82, 2.24) is 4.90 Å². The Labute approximate surface area is 106 Å². The van der Waals surface area contributed by atoms with E-state index in [0.29, 0.717) is 4.32 Å². The van der Waals surface area contributed by atoms with Crippen molar-refractivity contribution in [2.45, 2.75) is 19.3 Å². The minimum atomic E-state index is 0. The molecule has 1 aliphatic heterocycles. The normalized spacial score (nSPS) is 14.8. The monoisotopic (exact) mass is 219 g/mol. The molecule has 0 aromatic heterocycles. The maximum Gasteiger partial charge on any atom is 1.00 e. The Hall–Kier alpha value is 1.03. The summed E-state index contributed by atoms with van der Waals surface area (Å²) in [5.41, 5.74) is 0. The van der Waals surface area contributed by atoms with Crippen molar-refractivity contribution in [1.29, 1.82) is 0 Å². The van der Waals surface area contributed by atoms with E-state index in [0.717, 1.165) is 13.1 Å². The predicted molar refractivity (Wildman–Crippen MR) is 52.6 cm³/mol. The van der Waals surface area contributed by atoms with Gasteiger partial charge in [-0.25, -0.2) is 0 Å². The van der Waals surface area contributed by atoms with E-state index >= 15 is 0 Å². The Kier molecular flexibility index (Phi) is 15.8. The Morgan fingerprint density at radius 3 is 1.75 bits per heavy atom. The Morgan fingerprint density at radius 2 is 1.50 bits per heavy atom. The third-order valence-corrected chi connectivity index (χ3v) is 2.13. The summed E-state index contributed by atoms with van der Waals surface area (Å²) in [4.78, 5) is 2.11. The molecule has 0 radical (unpaired) electrons. The SMILES string of the molecule is O.O.S=C([S-])N1CCCCC1.[Na+].